The van der Waals surface area contributed by atoms with Crippen LogP contribution >= 0.6 is 22.9 Å². The summed E-state index contributed by atoms with van der Waals surface area (Å²) in [5.41, 5.74) is 5.48. The van der Waals surface area contributed by atoms with Gasteiger partial charge < -0.3 is 5.73 Å². The van der Waals surface area contributed by atoms with Gasteiger partial charge in [-0.25, -0.2) is 0 Å². The van der Waals surface area contributed by atoms with Crippen LogP contribution in [0.3, 0.4) is 0 Å². The molecule has 1 unspecified atom stereocenters. The van der Waals surface area contributed by atoms with Crippen molar-refractivity contribution in [3.63, 3.8) is 0 Å². The van der Waals surface area contributed by atoms with Gasteiger partial charge in [0.15, 0.2) is 0 Å². The average molecular weight is 214 g/mol. The fourth-order valence-corrected chi connectivity index (χ4v) is 1.57. The standard InChI is InChI=1S/C10H12ClNS/c1-3-10(2,12)7-6-8-4-5-9(11)13-8/h4-5H,3,12H2,1-2H3. The van der Waals surface area contributed by atoms with Crippen LogP contribution in [-0.2, 0) is 0 Å². The second kappa shape index (κ2) is 4.15. The van der Waals surface area contributed by atoms with E-state index in [1.165, 1.54) is 11.3 Å². The average Bonchev–Trinajstić information content (AvgIpc) is 2.48. The lowest BCUT2D eigenvalue weighted by Gasteiger charge is -2.13. The Morgan fingerprint density at radius 2 is 2.31 bits per heavy atom. The van der Waals surface area contributed by atoms with Crippen LogP contribution in [0.4, 0.5) is 0 Å². The minimum atomic E-state index is -0.392. The molecule has 1 aromatic heterocycles. The van der Waals surface area contributed by atoms with Crippen molar-refractivity contribution < 1.29 is 0 Å². The van der Waals surface area contributed by atoms with Gasteiger partial charge in [-0.1, -0.05) is 30.4 Å². The Morgan fingerprint density at radius 3 is 2.77 bits per heavy atom. The van der Waals surface area contributed by atoms with Crippen LogP contribution in [0.25, 0.3) is 0 Å². The number of halogens is 1. The number of rotatable bonds is 1. The van der Waals surface area contributed by atoms with E-state index in [-0.39, 0.29) is 0 Å². The maximum atomic E-state index is 5.87. The molecule has 70 valence electrons. The van der Waals surface area contributed by atoms with Crippen LogP contribution in [-0.4, -0.2) is 5.54 Å². The largest absolute Gasteiger partial charge is 0.315 e. The molecule has 0 fully saturated rings. The molecular weight excluding hydrogens is 202 g/mol. The summed E-state index contributed by atoms with van der Waals surface area (Å²) in [4.78, 5) is 0.968. The molecule has 0 aromatic carbocycles. The lowest BCUT2D eigenvalue weighted by Crippen LogP contribution is -2.32. The van der Waals surface area contributed by atoms with Crippen molar-refractivity contribution in [1.29, 1.82) is 0 Å². The van der Waals surface area contributed by atoms with Crippen LogP contribution in [0.15, 0.2) is 12.1 Å². The Kier molecular flexibility index (Phi) is 3.38. The molecule has 2 N–H and O–H groups in total. The monoisotopic (exact) mass is 213 g/mol. The van der Waals surface area contributed by atoms with E-state index >= 15 is 0 Å². The predicted octanol–water partition coefficient (Wildman–Crippen LogP) is 2.88. The number of nitrogens with two attached hydrogens (primary N) is 1. The quantitative estimate of drug-likeness (QED) is 0.714. The Balaban J connectivity index is 2.78. The lowest BCUT2D eigenvalue weighted by atomic mass is 10.0. The summed E-state index contributed by atoms with van der Waals surface area (Å²) < 4.78 is 0.763. The molecule has 1 heterocycles. The topological polar surface area (TPSA) is 26.0 Å². The summed E-state index contributed by atoms with van der Waals surface area (Å²) >= 11 is 7.24. The van der Waals surface area contributed by atoms with Crippen LogP contribution in [0, 0.1) is 11.8 Å². The first kappa shape index (κ1) is 10.6. The maximum absolute atomic E-state index is 5.87. The van der Waals surface area contributed by atoms with E-state index in [1.807, 2.05) is 26.0 Å². The van der Waals surface area contributed by atoms with Crippen LogP contribution in [0.5, 0.6) is 0 Å². The van der Waals surface area contributed by atoms with Gasteiger partial charge in [0.05, 0.1) is 14.8 Å². The molecule has 0 amide bonds. The highest BCUT2D eigenvalue weighted by Crippen LogP contribution is 2.20. The summed E-state index contributed by atoms with van der Waals surface area (Å²) in [5.74, 6) is 6.03. The van der Waals surface area contributed by atoms with Gasteiger partial charge in [0.2, 0.25) is 0 Å². The lowest BCUT2D eigenvalue weighted by molar-refractivity contribution is 0.586. The number of hydrogen-bond donors (Lipinski definition) is 1. The molecule has 13 heavy (non-hydrogen) atoms. The van der Waals surface area contributed by atoms with Gasteiger partial charge in [-0.3, -0.25) is 0 Å². The SMILES string of the molecule is CCC(C)(N)C#Cc1ccc(Cl)s1. The van der Waals surface area contributed by atoms with Gasteiger partial charge in [0.25, 0.3) is 0 Å². The number of thiophene rings is 1. The van der Waals surface area contributed by atoms with Crippen molar-refractivity contribution in [3.8, 4) is 11.8 Å². The zero-order valence-corrected chi connectivity index (χ0v) is 9.30. The smallest absolute Gasteiger partial charge is 0.0941 e. The van der Waals surface area contributed by atoms with Crippen molar-refractivity contribution in [1.82, 2.24) is 0 Å². The molecule has 0 bridgehead atoms. The summed E-state index contributed by atoms with van der Waals surface area (Å²) in [6, 6.07) is 3.75. The first-order valence-electron chi connectivity index (χ1n) is 4.11. The van der Waals surface area contributed by atoms with Crippen molar-refractivity contribution in [2.24, 2.45) is 5.73 Å². The second-order valence-electron chi connectivity index (χ2n) is 3.12. The van der Waals surface area contributed by atoms with Crippen molar-refractivity contribution in [2.75, 3.05) is 0 Å². The molecule has 0 aliphatic rings. The van der Waals surface area contributed by atoms with E-state index in [2.05, 4.69) is 11.8 Å². The molecule has 3 heteroatoms. The highest BCUT2D eigenvalue weighted by atomic mass is 35.5. The highest BCUT2D eigenvalue weighted by Gasteiger charge is 2.10. The molecule has 0 saturated heterocycles. The molecule has 1 rings (SSSR count). The summed E-state index contributed by atoms with van der Waals surface area (Å²) in [5, 5.41) is 0. The van der Waals surface area contributed by atoms with E-state index in [1.54, 1.807) is 0 Å². The fraction of sp³-hybridized carbons (Fsp3) is 0.400. The van der Waals surface area contributed by atoms with E-state index in [9.17, 15) is 0 Å². The summed E-state index contributed by atoms with van der Waals surface area (Å²) in [6.07, 6.45) is 0.846. The third-order valence-electron chi connectivity index (χ3n) is 1.78. The van der Waals surface area contributed by atoms with Gasteiger partial charge >= 0.3 is 0 Å². The first-order chi connectivity index (χ1) is 6.03. The van der Waals surface area contributed by atoms with Crippen molar-refractivity contribution in [2.45, 2.75) is 25.8 Å². The zero-order chi connectivity index (χ0) is 9.90. The molecule has 1 nitrogen and oxygen atoms in total. The van der Waals surface area contributed by atoms with Crippen molar-refractivity contribution in [3.05, 3.63) is 21.3 Å². The van der Waals surface area contributed by atoms with E-state index in [0.717, 1.165) is 15.6 Å². The van der Waals surface area contributed by atoms with Gasteiger partial charge in [-0.05, 0) is 25.5 Å². The van der Waals surface area contributed by atoms with Crippen molar-refractivity contribution >= 4 is 22.9 Å². The minimum Gasteiger partial charge on any atom is -0.315 e. The predicted molar refractivity (Wildman–Crippen MR) is 59.1 cm³/mol. The second-order valence-corrected chi connectivity index (χ2v) is 4.84. The molecule has 0 saturated carbocycles. The van der Waals surface area contributed by atoms with E-state index in [4.69, 9.17) is 17.3 Å². The van der Waals surface area contributed by atoms with Gasteiger partial charge in [0, 0.05) is 0 Å². The summed E-state index contributed by atoms with van der Waals surface area (Å²) in [6.45, 7) is 3.95. The number of hydrogen-bond acceptors (Lipinski definition) is 2. The Labute approximate surface area is 87.9 Å². The normalized spacial score (nSPS) is 14.5. The van der Waals surface area contributed by atoms with Gasteiger partial charge in [-0.15, -0.1) is 11.3 Å². The van der Waals surface area contributed by atoms with Crippen LogP contribution in [0.2, 0.25) is 4.34 Å². The van der Waals surface area contributed by atoms with Crippen LogP contribution in [0.1, 0.15) is 25.1 Å². The maximum Gasteiger partial charge on any atom is 0.0941 e. The molecule has 1 aromatic rings. The molecule has 1 atom stereocenters. The Hall–Kier alpha value is -0.490. The highest BCUT2D eigenvalue weighted by molar-refractivity contribution is 7.16. The zero-order valence-electron chi connectivity index (χ0n) is 7.73. The third-order valence-corrected chi connectivity index (χ3v) is 2.93. The summed E-state index contributed by atoms with van der Waals surface area (Å²) in [7, 11) is 0. The molecule has 0 aliphatic carbocycles. The molecule has 0 aliphatic heterocycles. The van der Waals surface area contributed by atoms with Crippen LogP contribution < -0.4 is 5.73 Å². The first-order valence-corrected chi connectivity index (χ1v) is 5.30. The minimum absolute atomic E-state index is 0.392. The molecule has 0 spiro atoms. The third kappa shape index (κ3) is 3.40. The van der Waals surface area contributed by atoms with Gasteiger partial charge in [0.1, 0.15) is 0 Å². The van der Waals surface area contributed by atoms with Gasteiger partial charge in [-0.2, -0.15) is 0 Å². The van der Waals surface area contributed by atoms with E-state index in [0.29, 0.717) is 0 Å². The molecular formula is C10H12ClNS. The molecule has 0 radical (unpaired) electrons. The fourth-order valence-electron chi connectivity index (χ4n) is 0.674. The Bertz CT molecular complexity index is 343. The van der Waals surface area contributed by atoms with E-state index < -0.39 is 5.54 Å². The Morgan fingerprint density at radius 1 is 1.62 bits per heavy atom.